The standard InChI is InChI=1S/C20H27N3O2.HI/c1-21-20(22-13-7-10-16-8-5-4-6-9-16)23-15-17-11-12-18(24-2)19(14-17)25-3;/h4-6,8-9,11-12,14H,7,10,13,15H2,1-3H3,(H2,21,22,23);1H. The minimum Gasteiger partial charge on any atom is -0.493 e. The number of nitrogens with zero attached hydrogens (tertiary/aromatic N) is 1. The fourth-order valence-electron chi connectivity index (χ4n) is 2.54. The minimum absolute atomic E-state index is 0. The molecule has 0 radical (unpaired) electrons. The summed E-state index contributed by atoms with van der Waals surface area (Å²) in [6.07, 6.45) is 2.11. The lowest BCUT2D eigenvalue weighted by Crippen LogP contribution is -2.37. The summed E-state index contributed by atoms with van der Waals surface area (Å²) in [6.45, 7) is 1.54. The molecule has 0 saturated carbocycles. The van der Waals surface area contributed by atoms with Gasteiger partial charge in [0.2, 0.25) is 0 Å². The lowest BCUT2D eigenvalue weighted by Gasteiger charge is -2.13. The Labute approximate surface area is 173 Å². The molecule has 2 aromatic carbocycles. The SMILES string of the molecule is CN=C(NCCCc1ccccc1)NCc1ccc(OC)c(OC)c1.I. The summed E-state index contributed by atoms with van der Waals surface area (Å²) in [5.41, 5.74) is 2.46. The van der Waals surface area contributed by atoms with E-state index in [1.807, 2.05) is 24.3 Å². The first-order valence-electron chi connectivity index (χ1n) is 8.46. The van der Waals surface area contributed by atoms with E-state index in [1.54, 1.807) is 21.3 Å². The molecule has 0 atom stereocenters. The summed E-state index contributed by atoms with van der Waals surface area (Å²) in [5.74, 6) is 2.25. The molecule has 0 amide bonds. The molecule has 2 rings (SSSR count). The van der Waals surface area contributed by atoms with Gasteiger partial charge in [-0.3, -0.25) is 4.99 Å². The molecule has 0 saturated heterocycles. The number of hydrogen-bond acceptors (Lipinski definition) is 3. The van der Waals surface area contributed by atoms with Gasteiger partial charge in [0.15, 0.2) is 17.5 Å². The number of benzene rings is 2. The van der Waals surface area contributed by atoms with Crippen molar-refractivity contribution in [2.75, 3.05) is 27.8 Å². The third kappa shape index (κ3) is 7.11. The van der Waals surface area contributed by atoms with E-state index in [4.69, 9.17) is 9.47 Å². The number of hydrogen-bond donors (Lipinski definition) is 2. The van der Waals surface area contributed by atoms with Crippen molar-refractivity contribution >= 4 is 29.9 Å². The van der Waals surface area contributed by atoms with Gasteiger partial charge in [-0.1, -0.05) is 36.4 Å². The van der Waals surface area contributed by atoms with Gasteiger partial charge < -0.3 is 20.1 Å². The maximum atomic E-state index is 5.33. The van der Waals surface area contributed by atoms with Crippen molar-refractivity contribution in [1.82, 2.24) is 10.6 Å². The molecule has 0 aromatic heterocycles. The van der Waals surface area contributed by atoms with E-state index >= 15 is 0 Å². The summed E-state index contributed by atoms with van der Waals surface area (Å²) in [5, 5.41) is 6.66. The van der Waals surface area contributed by atoms with E-state index in [0.29, 0.717) is 6.54 Å². The highest BCUT2D eigenvalue weighted by molar-refractivity contribution is 14.0. The molecule has 6 heteroatoms. The topological polar surface area (TPSA) is 54.9 Å². The molecule has 0 fully saturated rings. The van der Waals surface area contributed by atoms with Crippen LogP contribution in [0.25, 0.3) is 0 Å². The number of aryl methyl sites for hydroxylation is 1. The molecule has 26 heavy (non-hydrogen) atoms. The molecular formula is C20H28IN3O2. The first kappa shape index (κ1) is 22.1. The van der Waals surface area contributed by atoms with Crippen LogP contribution >= 0.6 is 24.0 Å². The third-order valence-electron chi connectivity index (χ3n) is 3.91. The average molecular weight is 469 g/mol. The van der Waals surface area contributed by atoms with Gasteiger partial charge in [-0.2, -0.15) is 0 Å². The van der Waals surface area contributed by atoms with Gasteiger partial charge in [-0.25, -0.2) is 0 Å². The fourth-order valence-corrected chi connectivity index (χ4v) is 2.54. The van der Waals surface area contributed by atoms with Gasteiger partial charge in [0, 0.05) is 20.1 Å². The minimum atomic E-state index is 0. The molecule has 0 bridgehead atoms. The number of rotatable bonds is 8. The van der Waals surface area contributed by atoms with Gasteiger partial charge in [-0.15, -0.1) is 24.0 Å². The summed E-state index contributed by atoms with van der Waals surface area (Å²) in [6, 6.07) is 16.4. The van der Waals surface area contributed by atoms with E-state index < -0.39 is 0 Å². The molecule has 142 valence electrons. The molecule has 0 aliphatic rings. The molecule has 0 unspecified atom stereocenters. The number of methoxy groups -OCH3 is 2. The van der Waals surface area contributed by atoms with Crippen molar-refractivity contribution in [2.24, 2.45) is 4.99 Å². The molecule has 0 heterocycles. The number of guanidine groups is 1. The second-order valence-corrected chi connectivity index (χ2v) is 5.63. The fraction of sp³-hybridized carbons (Fsp3) is 0.350. The zero-order valence-electron chi connectivity index (χ0n) is 15.6. The van der Waals surface area contributed by atoms with Crippen LogP contribution in [0.15, 0.2) is 53.5 Å². The molecule has 0 aliphatic carbocycles. The van der Waals surface area contributed by atoms with Crippen LogP contribution in [0.2, 0.25) is 0 Å². The second-order valence-electron chi connectivity index (χ2n) is 5.63. The van der Waals surface area contributed by atoms with Gasteiger partial charge >= 0.3 is 0 Å². The Kier molecular flexibility index (Phi) is 10.5. The Hall–Kier alpha value is -1.96. The van der Waals surface area contributed by atoms with Crippen molar-refractivity contribution < 1.29 is 9.47 Å². The van der Waals surface area contributed by atoms with E-state index in [0.717, 1.165) is 42.4 Å². The highest BCUT2D eigenvalue weighted by atomic mass is 127. The Balaban J connectivity index is 0.00000338. The Morgan fingerprint density at radius 2 is 1.65 bits per heavy atom. The summed E-state index contributed by atoms with van der Waals surface area (Å²) in [7, 11) is 5.06. The highest BCUT2D eigenvalue weighted by Gasteiger charge is 2.05. The lowest BCUT2D eigenvalue weighted by atomic mass is 10.1. The van der Waals surface area contributed by atoms with Crippen LogP contribution in [0.4, 0.5) is 0 Å². The van der Waals surface area contributed by atoms with E-state index in [-0.39, 0.29) is 24.0 Å². The van der Waals surface area contributed by atoms with E-state index in [1.165, 1.54) is 5.56 Å². The van der Waals surface area contributed by atoms with Crippen molar-refractivity contribution in [3.63, 3.8) is 0 Å². The summed E-state index contributed by atoms with van der Waals surface area (Å²) >= 11 is 0. The van der Waals surface area contributed by atoms with Crippen LogP contribution in [0.5, 0.6) is 11.5 Å². The van der Waals surface area contributed by atoms with Gasteiger partial charge in [-0.05, 0) is 36.1 Å². The van der Waals surface area contributed by atoms with Crippen LogP contribution in [0.1, 0.15) is 17.5 Å². The van der Waals surface area contributed by atoms with Crippen LogP contribution in [0, 0.1) is 0 Å². The number of ether oxygens (including phenoxy) is 2. The van der Waals surface area contributed by atoms with Gasteiger partial charge in [0.25, 0.3) is 0 Å². The van der Waals surface area contributed by atoms with Crippen molar-refractivity contribution in [1.29, 1.82) is 0 Å². The van der Waals surface area contributed by atoms with E-state index in [9.17, 15) is 0 Å². The quantitative estimate of drug-likeness (QED) is 0.269. The molecule has 2 N–H and O–H groups in total. The molecule has 0 spiro atoms. The second kappa shape index (κ2) is 12.4. The Morgan fingerprint density at radius 1 is 0.923 bits per heavy atom. The predicted octanol–water partition coefficient (Wildman–Crippen LogP) is 3.62. The third-order valence-corrected chi connectivity index (χ3v) is 3.91. The number of aliphatic imine (C=N–C) groups is 1. The lowest BCUT2D eigenvalue weighted by molar-refractivity contribution is 0.354. The van der Waals surface area contributed by atoms with Crippen LogP contribution in [-0.2, 0) is 13.0 Å². The normalized spacial score (nSPS) is 10.7. The zero-order valence-corrected chi connectivity index (χ0v) is 17.9. The Morgan fingerprint density at radius 3 is 2.31 bits per heavy atom. The van der Waals surface area contributed by atoms with Gasteiger partial charge in [0.1, 0.15) is 0 Å². The largest absolute Gasteiger partial charge is 0.493 e. The first-order valence-corrected chi connectivity index (χ1v) is 8.46. The number of nitrogens with one attached hydrogen (secondary N) is 2. The highest BCUT2D eigenvalue weighted by Crippen LogP contribution is 2.27. The van der Waals surface area contributed by atoms with E-state index in [2.05, 4.69) is 39.9 Å². The Bertz CT molecular complexity index is 678. The monoisotopic (exact) mass is 469 g/mol. The van der Waals surface area contributed by atoms with Crippen LogP contribution < -0.4 is 20.1 Å². The zero-order chi connectivity index (χ0) is 17.9. The van der Waals surface area contributed by atoms with Crippen molar-refractivity contribution in [2.45, 2.75) is 19.4 Å². The number of halogens is 1. The summed E-state index contributed by atoms with van der Waals surface area (Å²) in [4.78, 5) is 4.26. The van der Waals surface area contributed by atoms with Crippen LogP contribution in [0.3, 0.4) is 0 Å². The summed E-state index contributed by atoms with van der Waals surface area (Å²) < 4.78 is 10.6. The van der Waals surface area contributed by atoms with Crippen molar-refractivity contribution in [3.8, 4) is 11.5 Å². The molecule has 0 aliphatic heterocycles. The van der Waals surface area contributed by atoms with Gasteiger partial charge in [0.05, 0.1) is 14.2 Å². The smallest absolute Gasteiger partial charge is 0.191 e. The molecule has 2 aromatic rings. The van der Waals surface area contributed by atoms with Crippen LogP contribution in [-0.4, -0.2) is 33.8 Å². The molecular weight excluding hydrogens is 441 g/mol. The average Bonchev–Trinajstić information content (AvgIpc) is 2.68. The maximum Gasteiger partial charge on any atom is 0.191 e. The first-order chi connectivity index (χ1) is 12.3. The molecule has 5 nitrogen and oxygen atoms in total. The van der Waals surface area contributed by atoms with Crippen molar-refractivity contribution in [3.05, 3.63) is 59.7 Å². The maximum absolute atomic E-state index is 5.33. The predicted molar refractivity (Wildman–Crippen MR) is 118 cm³/mol.